The molecule has 108 valence electrons. The first-order valence-electron chi connectivity index (χ1n) is 5.95. The van der Waals surface area contributed by atoms with Crippen molar-refractivity contribution < 1.29 is 14.7 Å². The van der Waals surface area contributed by atoms with Crippen LogP contribution in [-0.4, -0.2) is 20.3 Å². The van der Waals surface area contributed by atoms with Gasteiger partial charge < -0.3 is 5.11 Å². The van der Waals surface area contributed by atoms with E-state index in [1.54, 1.807) is 13.1 Å². The molecule has 0 bridgehead atoms. The van der Waals surface area contributed by atoms with Gasteiger partial charge in [-0.25, -0.2) is 0 Å². The van der Waals surface area contributed by atoms with Gasteiger partial charge in [0.25, 0.3) is 0 Å². The predicted molar refractivity (Wildman–Crippen MR) is 84.6 cm³/mol. The quantitative estimate of drug-likeness (QED) is 0.899. The van der Waals surface area contributed by atoms with Crippen molar-refractivity contribution in [1.82, 2.24) is 4.98 Å². The number of aromatic hydroxyl groups is 1. The molecule has 0 aliphatic carbocycles. The molecule has 6 heteroatoms. The molecule has 0 saturated carbocycles. The van der Waals surface area contributed by atoms with Crippen LogP contribution in [0.2, 0.25) is 0 Å². The van der Waals surface area contributed by atoms with Crippen molar-refractivity contribution in [1.29, 1.82) is 0 Å². The number of hydrogen-bond donors (Lipinski definition) is 1. The number of allylic oxidation sites excluding steroid dienone is 1. The van der Waals surface area contributed by atoms with Crippen LogP contribution in [0.3, 0.4) is 0 Å². The number of carbonyl (C=O) groups is 2. The molecule has 0 aliphatic heterocycles. The van der Waals surface area contributed by atoms with Gasteiger partial charge in [0, 0.05) is 37.1 Å². The highest BCUT2D eigenvalue weighted by Gasteiger charge is 2.16. The zero-order chi connectivity index (χ0) is 15.3. The largest absolute Gasteiger partial charge is 0.505 e. The van der Waals surface area contributed by atoms with Crippen LogP contribution >= 0.6 is 23.5 Å². The molecule has 0 aromatic carbocycles. The molecule has 0 fully saturated rings. The van der Waals surface area contributed by atoms with Crippen LogP contribution in [-0.2, 0) is 21.1 Å². The Morgan fingerprint density at radius 2 is 1.75 bits per heavy atom. The van der Waals surface area contributed by atoms with Gasteiger partial charge >= 0.3 is 0 Å². The van der Waals surface area contributed by atoms with Gasteiger partial charge in [0.15, 0.2) is 10.2 Å². The first-order valence-corrected chi connectivity index (χ1v) is 7.92. The summed E-state index contributed by atoms with van der Waals surface area (Å²) in [5.74, 6) is 0.839. The summed E-state index contributed by atoms with van der Waals surface area (Å²) < 4.78 is 0. The van der Waals surface area contributed by atoms with Crippen molar-refractivity contribution in [3.05, 3.63) is 29.6 Å². The van der Waals surface area contributed by atoms with Crippen LogP contribution in [0, 0.1) is 0 Å². The minimum atomic E-state index is -0.0248. The normalized spacial score (nSPS) is 10.3. The van der Waals surface area contributed by atoms with Crippen molar-refractivity contribution in [2.75, 3.05) is 0 Å². The monoisotopic (exact) mass is 311 g/mol. The number of hydrogen-bond acceptors (Lipinski definition) is 6. The zero-order valence-electron chi connectivity index (χ0n) is 11.7. The molecule has 1 rings (SSSR count). The first kappa shape index (κ1) is 16.8. The highest BCUT2D eigenvalue weighted by Crippen LogP contribution is 2.33. The summed E-state index contributed by atoms with van der Waals surface area (Å²) in [4.78, 5) is 26.3. The van der Waals surface area contributed by atoms with Crippen molar-refractivity contribution >= 4 is 39.3 Å². The van der Waals surface area contributed by atoms with Crippen LogP contribution in [0.1, 0.15) is 37.6 Å². The maximum absolute atomic E-state index is 11.1. The number of thioether (sulfide) groups is 2. The van der Waals surface area contributed by atoms with Crippen LogP contribution in [0.4, 0.5) is 0 Å². The van der Waals surface area contributed by atoms with E-state index in [1.807, 2.05) is 0 Å². The van der Waals surface area contributed by atoms with E-state index >= 15 is 0 Å². The van der Waals surface area contributed by atoms with Crippen molar-refractivity contribution in [2.24, 2.45) is 0 Å². The first-order chi connectivity index (χ1) is 9.32. The molecule has 1 aromatic heterocycles. The lowest BCUT2D eigenvalue weighted by molar-refractivity contribution is -0.109. The molecule has 20 heavy (non-hydrogen) atoms. The Labute approximate surface area is 127 Å². The van der Waals surface area contributed by atoms with Gasteiger partial charge in [-0.2, -0.15) is 0 Å². The van der Waals surface area contributed by atoms with Gasteiger partial charge in [-0.15, -0.1) is 0 Å². The molecule has 0 amide bonds. The lowest BCUT2D eigenvalue weighted by atomic mass is 10.1. The molecule has 0 radical (unpaired) electrons. The number of aromatic nitrogens is 1. The van der Waals surface area contributed by atoms with Crippen molar-refractivity contribution in [3.63, 3.8) is 0 Å². The van der Waals surface area contributed by atoms with E-state index in [-0.39, 0.29) is 16.0 Å². The summed E-state index contributed by atoms with van der Waals surface area (Å²) in [6.07, 6.45) is 1.63. The number of nitrogens with zero attached hydrogens (tertiary/aromatic N) is 1. The number of pyridine rings is 1. The number of carbonyl (C=O) groups excluding carboxylic acids is 2. The lowest BCUT2D eigenvalue weighted by Crippen LogP contribution is -2.00. The van der Waals surface area contributed by atoms with E-state index in [1.165, 1.54) is 13.8 Å². The van der Waals surface area contributed by atoms with E-state index in [0.29, 0.717) is 28.3 Å². The van der Waals surface area contributed by atoms with Crippen molar-refractivity contribution in [3.8, 4) is 5.75 Å². The Kier molecular flexibility index (Phi) is 6.29. The topological polar surface area (TPSA) is 67.3 Å². The average molecular weight is 311 g/mol. The second-order valence-corrected chi connectivity index (χ2v) is 6.60. The van der Waals surface area contributed by atoms with Gasteiger partial charge in [-0.3, -0.25) is 14.6 Å². The summed E-state index contributed by atoms with van der Waals surface area (Å²) in [6.45, 7) is 8.50. The van der Waals surface area contributed by atoms with Gasteiger partial charge in [0.05, 0.1) is 0 Å². The predicted octanol–water partition coefficient (Wildman–Crippen LogP) is 3.38. The van der Waals surface area contributed by atoms with E-state index in [2.05, 4.69) is 11.6 Å². The maximum Gasteiger partial charge on any atom is 0.186 e. The fraction of sp³-hybridized carbons (Fsp3) is 0.357. The highest BCUT2D eigenvalue weighted by atomic mass is 32.2. The molecule has 1 N–H and O–H groups in total. The third-order valence-electron chi connectivity index (χ3n) is 2.50. The van der Waals surface area contributed by atoms with E-state index in [9.17, 15) is 14.7 Å². The van der Waals surface area contributed by atoms with Gasteiger partial charge in [-0.1, -0.05) is 30.1 Å². The summed E-state index contributed by atoms with van der Waals surface area (Å²) in [5.41, 5.74) is 2.50. The van der Waals surface area contributed by atoms with Crippen molar-refractivity contribution in [2.45, 2.75) is 32.3 Å². The second kappa shape index (κ2) is 7.50. The standard InChI is InChI=1S/C14H17NO3S2/c1-8(2)13-14(18)12(7-20-10(4)17)11(5-15-13)6-19-9(3)16/h5,18H,1,6-7H2,2-4H3. The summed E-state index contributed by atoms with van der Waals surface area (Å²) in [7, 11) is 0. The van der Waals surface area contributed by atoms with Crippen LogP contribution < -0.4 is 0 Å². The number of rotatable bonds is 5. The molecule has 0 saturated heterocycles. The van der Waals surface area contributed by atoms with Gasteiger partial charge in [-0.05, 0) is 18.1 Å². The minimum absolute atomic E-state index is 0.00126. The van der Waals surface area contributed by atoms with E-state index in [0.717, 1.165) is 29.1 Å². The molecular weight excluding hydrogens is 294 g/mol. The van der Waals surface area contributed by atoms with Crippen LogP contribution in [0.5, 0.6) is 5.75 Å². The summed E-state index contributed by atoms with van der Waals surface area (Å²) in [5, 5.41) is 10.3. The fourth-order valence-corrected chi connectivity index (χ4v) is 2.80. The molecule has 0 aliphatic rings. The Hall–Kier alpha value is -1.27. The molecule has 1 aromatic rings. The Bertz CT molecular complexity index is 556. The van der Waals surface area contributed by atoms with E-state index in [4.69, 9.17) is 0 Å². The lowest BCUT2D eigenvalue weighted by Gasteiger charge is -2.13. The second-order valence-electron chi connectivity index (χ2n) is 4.30. The summed E-state index contributed by atoms with van der Waals surface area (Å²) in [6, 6.07) is 0. The minimum Gasteiger partial charge on any atom is -0.505 e. The smallest absolute Gasteiger partial charge is 0.186 e. The Balaban J connectivity index is 3.14. The van der Waals surface area contributed by atoms with Gasteiger partial charge in [0.2, 0.25) is 0 Å². The molecule has 0 atom stereocenters. The molecule has 0 unspecified atom stereocenters. The maximum atomic E-state index is 11.1. The SMILES string of the molecule is C=C(C)c1ncc(CSC(C)=O)c(CSC(C)=O)c1O. The average Bonchev–Trinajstić information content (AvgIpc) is 2.34. The Morgan fingerprint density at radius 1 is 1.20 bits per heavy atom. The molecule has 0 spiro atoms. The molecular formula is C14H17NO3S2. The third-order valence-corrected chi connectivity index (χ3v) is 4.20. The highest BCUT2D eigenvalue weighted by molar-refractivity contribution is 8.13. The van der Waals surface area contributed by atoms with E-state index < -0.39 is 0 Å². The van der Waals surface area contributed by atoms with Crippen LogP contribution in [0.25, 0.3) is 5.57 Å². The fourth-order valence-electron chi connectivity index (χ4n) is 1.53. The van der Waals surface area contributed by atoms with Gasteiger partial charge in [0.1, 0.15) is 11.4 Å². The zero-order valence-corrected chi connectivity index (χ0v) is 13.4. The van der Waals surface area contributed by atoms with Crippen LogP contribution in [0.15, 0.2) is 12.8 Å². The molecule has 1 heterocycles. The molecule has 4 nitrogen and oxygen atoms in total. The Morgan fingerprint density at radius 3 is 2.25 bits per heavy atom. The third kappa shape index (κ3) is 4.68. The summed E-state index contributed by atoms with van der Waals surface area (Å²) >= 11 is 2.27.